The summed E-state index contributed by atoms with van der Waals surface area (Å²) in [6.45, 7) is 3.63. The van der Waals surface area contributed by atoms with Crippen LogP contribution < -0.4 is 10.9 Å². The molecule has 0 bridgehead atoms. The normalized spacial score (nSPS) is 12.1. The maximum Gasteiger partial charge on any atom is 0.264 e. The minimum absolute atomic E-state index is 0.155. The van der Waals surface area contributed by atoms with Crippen molar-refractivity contribution in [1.29, 1.82) is 0 Å². The average Bonchev–Trinajstić information content (AvgIpc) is 3.09. The summed E-state index contributed by atoms with van der Waals surface area (Å²) >= 11 is 0. The van der Waals surface area contributed by atoms with Gasteiger partial charge in [-0.15, -0.1) is 0 Å². The van der Waals surface area contributed by atoms with Crippen LogP contribution in [0.5, 0.6) is 0 Å². The second-order valence-corrected chi connectivity index (χ2v) is 9.22. The Morgan fingerprint density at radius 2 is 1.90 bits per heavy atom. The minimum atomic E-state index is -3.55. The summed E-state index contributed by atoms with van der Waals surface area (Å²) in [5, 5.41) is 7.06. The zero-order chi connectivity index (χ0) is 22.1. The molecule has 0 spiro atoms. The van der Waals surface area contributed by atoms with E-state index >= 15 is 0 Å². The highest BCUT2D eigenvalue weighted by molar-refractivity contribution is 7.89. The number of benzene rings is 1. The molecule has 0 aliphatic rings. The number of rotatable bonds is 7. The zero-order valence-electron chi connectivity index (χ0n) is 17.2. The number of aromatic nitrogens is 4. The van der Waals surface area contributed by atoms with Crippen LogP contribution >= 0.6 is 0 Å². The quantitative estimate of drug-likeness (QED) is 0.580. The van der Waals surface area contributed by atoms with Crippen LogP contribution in [0.3, 0.4) is 0 Å². The number of aryl methyl sites for hydroxylation is 1. The van der Waals surface area contributed by atoms with Gasteiger partial charge < -0.3 is 5.32 Å². The molecule has 0 fully saturated rings. The largest absolute Gasteiger partial charge is 0.350 e. The molecule has 0 saturated heterocycles. The molecule has 0 saturated carbocycles. The summed E-state index contributed by atoms with van der Waals surface area (Å²) in [6, 6.07) is 6.17. The van der Waals surface area contributed by atoms with Crippen molar-refractivity contribution in [2.45, 2.75) is 37.9 Å². The number of nitrogens with one attached hydrogen (secondary N) is 1. The van der Waals surface area contributed by atoms with Gasteiger partial charge in [0.25, 0.3) is 5.56 Å². The van der Waals surface area contributed by atoms with Crippen LogP contribution in [-0.4, -0.2) is 51.1 Å². The molecule has 0 aliphatic heterocycles. The Kier molecular flexibility index (Phi) is 6.04. The molecule has 2 aromatic heterocycles. The van der Waals surface area contributed by atoms with Gasteiger partial charge in [0.1, 0.15) is 18.3 Å². The molecule has 2 heterocycles. The number of carbonyl (C=O) groups excluding carboxylic acids is 1. The second-order valence-electron chi connectivity index (χ2n) is 7.22. The van der Waals surface area contributed by atoms with Gasteiger partial charge in [0.2, 0.25) is 15.9 Å². The van der Waals surface area contributed by atoms with Gasteiger partial charge >= 0.3 is 0 Å². The molecule has 3 aromatic rings. The number of hydrogen-bond donors (Lipinski definition) is 1. The van der Waals surface area contributed by atoms with Crippen molar-refractivity contribution in [3.63, 3.8) is 0 Å². The minimum Gasteiger partial charge on any atom is -0.350 e. The Morgan fingerprint density at radius 3 is 2.53 bits per heavy atom. The molecule has 10 nitrogen and oxygen atoms in total. The number of nitrogens with zero attached hydrogens (tertiary/aromatic N) is 5. The lowest BCUT2D eigenvalue weighted by atomic mass is 10.2. The van der Waals surface area contributed by atoms with Crippen molar-refractivity contribution >= 4 is 27.0 Å². The Balaban J connectivity index is 1.64. The molecule has 0 aliphatic carbocycles. The number of sulfonamides is 1. The lowest BCUT2D eigenvalue weighted by molar-refractivity contribution is -0.121. The molecule has 3 rings (SSSR count). The fourth-order valence-corrected chi connectivity index (χ4v) is 4.18. The second kappa shape index (κ2) is 8.36. The standard InChI is InChI=1S/C19H24N6O4S/c1-13(2)24(4)30(28,29)15-7-5-14(6-8-15)9-20-17(26)11-25-12-21-18-16(19(25)27)10-22-23(18)3/h5-8,10,12-13H,9,11H2,1-4H3,(H,20,26). The van der Waals surface area contributed by atoms with Crippen LogP contribution in [0, 0.1) is 0 Å². The van der Waals surface area contributed by atoms with Crippen LogP contribution in [0.15, 0.2) is 46.5 Å². The topological polar surface area (TPSA) is 119 Å². The maximum atomic E-state index is 12.5. The molecule has 1 aromatic carbocycles. The lowest BCUT2D eigenvalue weighted by Gasteiger charge is -2.21. The maximum absolute atomic E-state index is 12.5. The van der Waals surface area contributed by atoms with Gasteiger partial charge in [-0.3, -0.25) is 18.8 Å². The SMILES string of the molecule is CC(C)N(C)S(=O)(=O)c1ccc(CNC(=O)Cn2cnc3c(cnn3C)c2=O)cc1. The van der Waals surface area contributed by atoms with Crippen molar-refractivity contribution < 1.29 is 13.2 Å². The summed E-state index contributed by atoms with van der Waals surface area (Å²) in [5.74, 6) is -0.363. The Hall–Kier alpha value is -3.05. The summed E-state index contributed by atoms with van der Waals surface area (Å²) < 4.78 is 29.0. The van der Waals surface area contributed by atoms with Crippen LogP contribution in [-0.2, 0) is 35.0 Å². The van der Waals surface area contributed by atoms with Crippen molar-refractivity contribution in [1.82, 2.24) is 29.0 Å². The average molecular weight is 433 g/mol. The van der Waals surface area contributed by atoms with Crippen molar-refractivity contribution in [2.75, 3.05) is 7.05 Å². The Morgan fingerprint density at radius 1 is 1.23 bits per heavy atom. The first kappa shape index (κ1) is 21.7. The highest BCUT2D eigenvalue weighted by atomic mass is 32.2. The van der Waals surface area contributed by atoms with Crippen LogP contribution in [0.25, 0.3) is 11.0 Å². The van der Waals surface area contributed by atoms with E-state index in [0.29, 0.717) is 11.0 Å². The molecule has 0 atom stereocenters. The molecule has 11 heteroatoms. The molecule has 0 unspecified atom stereocenters. The van der Waals surface area contributed by atoms with Crippen LogP contribution in [0.4, 0.5) is 0 Å². The van der Waals surface area contributed by atoms with E-state index in [4.69, 9.17) is 0 Å². The van der Waals surface area contributed by atoms with Gasteiger partial charge in [0.15, 0.2) is 5.65 Å². The van der Waals surface area contributed by atoms with E-state index < -0.39 is 10.0 Å². The Labute approximate surface area is 174 Å². The predicted molar refractivity (Wildman–Crippen MR) is 111 cm³/mol. The number of fused-ring (bicyclic) bond motifs is 1. The van der Waals surface area contributed by atoms with Gasteiger partial charge in [-0.2, -0.15) is 9.40 Å². The molecule has 1 N–H and O–H groups in total. The van der Waals surface area contributed by atoms with E-state index in [1.165, 1.54) is 45.3 Å². The van der Waals surface area contributed by atoms with Gasteiger partial charge in [-0.1, -0.05) is 12.1 Å². The fourth-order valence-electron chi connectivity index (χ4n) is 2.81. The first-order chi connectivity index (χ1) is 14.1. The molecular formula is C19H24N6O4S. The summed E-state index contributed by atoms with van der Waals surface area (Å²) in [7, 11) is -0.335. The fraction of sp³-hybridized carbons (Fsp3) is 0.368. The smallest absolute Gasteiger partial charge is 0.264 e. The molecule has 30 heavy (non-hydrogen) atoms. The van der Waals surface area contributed by atoms with Crippen LogP contribution in [0.2, 0.25) is 0 Å². The van der Waals surface area contributed by atoms with E-state index in [9.17, 15) is 18.0 Å². The highest BCUT2D eigenvalue weighted by Gasteiger charge is 2.22. The van der Waals surface area contributed by atoms with E-state index in [1.54, 1.807) is 33.0 Å². The zero-order valence-corrected chi connectivity index (χ0v) is 18.0. The third-order valence-corrected chi connectivity index (χ3v) is 6.90. The molecule has 0 radical (unpaired) electrons. The highest BCUT2D eigenvalue weighted by Crippen LogP contribution is 2.17. The van der Waals surface area contributed by atoms with Gasteiger partial charge in [0.05, 0.1) is 11.1 Å². The Bertz CT molecular complexity index is 1230. The van der Waals surface area contributed by atoms with Gasteiger partial charge in [-0.05, 0) is 31.5 Å². The van der Waals surface area contributed by atoms with E-state index in [0.717, 1.165) is 5.56 Å². The third-order valence-electron chi connectivity index (χ3n) is 4.85. The van der Waals surface area contributed by atoms with Crippen molar-refractivity contribution in [2.24, 2.45) is 7.05 Å². The summed E-state index contributed by atoms with van der Waals surface area (Å²) in [4.78, 5) is 29.0. The first-order valence-electron chi connectivity index (χ1n) is 9.32. The summed E-state index contributed by atoms with van der Waals surface area (Å²) in [6.07, 6.45) is 2.74. The number of carbonyl (C=O) groups is 1. The predicted octanol–water partition coefficient (Wildman–Crippen LogP) is 0.475. The third kappa shape index (κ3) is 4.26. The summed E-state index contributed by atoms with van der Waals surface area (Å²) in [5.41, 5.74) is 0.851. The first-order valence-corrected chi connectivity index (χ1v) is 10.8. The van der Waals surface area contributed by atoms with Crippen LogP contribution in [0.1, 0.15) is 19.4 Å². The molecular weight excluding hydrogens is 408 g/mol. The monoisotopic (exact) mass is 432 g/mol. The van der Waals surface area contributed by atoms with E-state index in [-0.39, 0.29) is 35.5 Å². The number of hydrogen-bond acceptors (Lipinski definition) is 6. The molecule has 160 valence electrons. The van der Waals surface area contributed by atoms with Gasteiger partial charge in [-0.25, -0.2) is 13.4 Å². The van der Waals surface area contributed by atoms with Crippen molar-refractivity contribution in [3.05, 3.63) is 52.7 Å². The van der Waals surface area contributed by atoms with Crippen molar-refractivity contribution in [3.8, 4) is 0 Å². The van der Waals surface area contributed by atoms with E-state index in [2.05, 4.69) is 15.4 Å². The lowest BCUT2D eigenvalue weighted by Crippen LogP contribution is -2.33. The van der Waals surface area contributed by atoms with Gasteiger partial charge in [0, 0.05) is 26.7 Å². The number of amides is 1. The molecule has 1 amide bonds. The van der Waals surface area contributed by atoms with E-state index in [1.807, 2.05) is 0 Å².